The number of rotatable bonds is 4. The van der Waals surface area contributed by atoms with Gasteiger partial charge in [-0.3, -0.25) is 9.59 Å². The van der Waals surface area contributed by atoms with Crippen LogP contribution in [0.3, 0.4) is 0 Å². The topological polar surface area (TPSA) is 55.4 Å². The summed E-state index contributed by atoms with van der Waals surface area (Å²) >= 11 is 0. The first kappa shape index (κ1) is 16.0. The predicted molar refractivity (Wildman–Crippen MR) is 89.4 cm³/mol. The average molecular weight is 315 g/mol. The number of ether oxygens (including phenoxy) is 1. The lowest BCUT2D eigenvalue weighted by molar-refractivity contribution is -0.131. The summed E-state index contributed by atoms with van der Waals surface area (Å²) < 4.78 is 5.59. The summed E-state index contributed by atoms with van der Waals surface area (Å²) in [7, 11) is 0. The van der Waals surface area contributed by atoms with Gasteiger partial charge in [0, 0.05) is 11.8 Å². The van der Waals surface area contributed by atoms with Crippen LogP contribution < -0.4 is 10.1 Å². The molecule has 1 aromatic rings. The molecule has 2 bridgehead atoms. The molecule has 2 atom stereocenters. The van der Waals surface area contributed by atoms with Gasteiger partial charge in [0.2, 0.25) is 5.91 Å². The van der Waals surface area contributed by atoms with Crippen molar-refractivity contribution in [2.75, 3.05) is 11.9 Å². The molecule has 1 aromatic carbocycles. The zero-order valence-corrected chi connectivity index (χ0v) is 14.4. The van der Waals surface area contributed by atoms with Crippen LogP contribution in [0.15, 0.2) is 24.3 Å². The number of carbonyl (C=O) groups is 2. The summed E-state index contributed by atoms with van der Waals surface area (Å²) in [6.07, 6.45) is 1.91. The molecular formula is C19H25NO3. The fourth-order valence-corrected chi connectivity index (χ4v) is 4.45. The van der Waals surface area contributed by atoms with Gasteiger partial charge in [0.1, 0.15) is 11.5 Å². The molecule has 0 spiro atoms. The molecule has 3 rings (SSSR count). The van der Waals surface area contributed by atoms with Gasteiger partial charge in [0.05, 0.1) is 17.7 Å². The Hall–Kier alpha value is -1.84. The van der Waals surface area contributed by atoms with Gasteiger partial charge in [0.25, 0.3) is 0 Å². The van der Waals surface area contributed by atoms with E-state index in [2.05, 4.69) is 19.2 Å². The molecule has 2 saturated carbocycles. The van der Waals surface area contributed by atoms with E-state index in [4.69, 9.17) is 4.74 Å². The Morgan fingerprint density at radius 1 is 1.22 bits per heavy atom. The first-order valence-electron chi connectivity index (χ1n) is 8.35. The van der Waals surface area contributed by atoms with Crippen LogP contribution in [0.2, 0.25) is 0 Å². The molecule has 23 heavy (non-hydrogen) atoms. The maximum atomic E-state index is 13.1. The van der Waals surface area contributed by atoms with Crippen molar-refractivity contribution >= 4 is 17.4 Å². The number of hydrogen-bond donors (Lipinski definition) is 1. The number of benzene rings is 1. The third-order valence-corrected chi connectivity index (χ3v) is 6.58. The fraction of sp³-hybridized carbons (Fsp3) is 0.579. The Labute approximate surface area is 137 Å². The SMILES string of the molecule is CCOc1ccccc1NC(=O)[C@]12CC[C@@](C)(C(=O)C1)C2(C)C. The Bertz CT molecular complexity index is 666. The van der Waals surface area contributed by atoms with Gasteiger partial charge in [-0.1, -0.05) is 32.9 Å². The summed E-state index contributed by atoms with van der Waals surface area (Å²) in [5.41, 5.74) is -0.651. The number of nitrogens with one attached hydrogen (secondary N) is 1. The number of hydrogen-bond acceptors (Lipinski definition) is 3. The van der Waals surface area contributed by atoms with E-state index in [9.17, 15) is 9.59 Å². The second kappa shape index (κ2) is 5.08. The third kappa shape index (κ3) is 1.97. The summed E-state index contributed by atoms with van der Waals surface area (Å²) in [5.74, 6) is 0.842. The predicted octanol–water partition coefficient (Wildman–Crippen LogP) is 3.81. The minimum atomic E-state index is -0.613. The summed E-state index contributed by atoms with van der Waals surface area (Å²) in [6, 6.07) is 7.45. The van der Waals surface area contributed by atoms with E-state index in [-0.39, 0.29) is 22.5 Å². The van der Waals surface area contributed by atoms with E-state index in [1.54, 1.807) is 0 Å². The molecule has 0 aliphatic heterocycles. The van der Waals surface area contributed by atoms with Gasteiger partial charge in [-0.25, -0.2) is 0 Å². The van der Waals surface area contributed by atoms with Crippen molar-refractivity contribution in [1.29, 1.82) is 0 Å². The van der Waals surface area contributed by atoms with Gasteiger partial charge >= 0.3 is 0 Å². The quantitative estimate of drug-likeness (QED) is 0.919. The molecule has 2 aliphatic carbocycles. The molecular weight excluding hydrogens is 290 g/mol. The average Bonchev–Trinajstić information content (AvgIpc) is 2.80. The summed E-state index contributed by atoms with van der Waals surface area (Å²) in [5, 5.41) is 3.03. The second-order valence-electron chi connectivity index (χ2n) is 7.52. The highest BCUT2D eigenvalue weighted by Crippen LogP contribution is 2.70. The van der Waals surface area contributed by atoms with Gasteiger partial charge in [-0.2, -0.15) is 0 Å². The minimum absolute atomic E-state index is 0.0516. The Morgan fingerprint density at radius 2 is 1.91 bits per heavy atom. The lowest BCUT2D eigenvalue weighted by Gasteiger charge is -2.38. The van der Waals surface area contributed by atoms with Gasteiger partial charge < -0.3 is 10.1 Å². The monoisotopic (exact) mass is 315 g/mol. The maximum absolute atomic E-state index is 13.1. The Balaban J connectivity index is 1.92. The highest BCUT2D eigenvalue weighted by Gasteiger charge is 2.72. The van der Waals surface area contributed by atoms with E-state index in [0.29, 0.717) is 24.5 Å². The zero-order valence-electron chi connectivity index (χ0n) is 14.4. The molecule has 124 valence electrons. The van der Waals surface area contributed by atoms with E-state index >= 15 is 0 Å². The van der Waals surface area contributed by atoms with Crippen molar-refractivity contribution < 1.29 is 14.3 Å². The molecule has 0 saturated heterocycles. The molecule has 2 fully saturated rings. The van der Waals surface area contributed by atoms with Gasteiger partial charge in [0.15, 0.2) is 0 Å². The number of ketones is 1. The smallest absolute Gasteiger partial charge is 0.231 e. The standard InChI is InChI=1S/C19H25NO3/c1-5-23-14-9-7-6-8-13(14)20-16(22)19-11-10-18(4,15(21)12-19)17(19,2)3/h6-9H,5,10-12H2,1-4H3,(H,20,22)/t18-,19-/m0/s1. The molecule has 0 unspecified atom stereocenters. The van der Waals surface area contributed by atoms with Crippen LogP contribution in [0.4, 0.5) is 5.69 Å². The van der Waals surface area contributed by atoms with Crippen LogP contribution in [0.1, 0.15) is 47.0 Å². The molecule has 1 amide bonds. The van der Waals surface area contributed by atoms with Crippen molar-refractivity contribution in [3.05, 3.63) is 24.3 Å². The number of carbonyl (C=O) groups excluding carboxylic acids is 2. The number of amides is 1. The molecule has 4 heteroatoms. The highest BCUT2D eigenvalue weighted by atomic mass is 16.5. The van der Waals surface area contributed by atoms with E-state index < -0.39 is 5.41 Å². The lowest BCUT2D eigenvalue weighted by atomic mass is 9.64. The van der Waals surface area contributed by atoms with Crippen LogP contribution in [0.25, 0.3) is 0 Å². The van der Waals surface area contributed by atoms with E-state index in [0.717, 1.165) is 12.8 Å². The van der Waals surface area contributed by atoms with Crippen molar-refractivity contribution in [1.82, 2.24) is 0 Å². The first-order valence-corrected chi connectivity index (χ1v) is 8.35. The van der Waals surface area contributed by atoms with Crippen LogP contribution in [0.5, 0.6) is 5.75 Å². The van der Waals surface area contributed by atoms with Crippen molar-refractivity contribution in [3.63, 3.8) is 0 Å². The largest absolute Gasteiger partial charge is 0.492 e. The molecule has 2 aliphatic rings. The molecule has 0 radical (unpaired) electrons. The number of Topliss-reactive ketones (excluding diaryl/α,β-unsaturated/α-hetero) is 1. The zero-order chi connectivity index (χ0) is 16.9. The van der Waals surface area contributed by atoms with Crippen LogP contribution in [-0.4, -0.2) is 18.3 Å². The Kier molecular flexibility index (Phi) is 3.54. The third-order valence-electron chi connectivity index (χ3n) is 6.58. The maximum Gasteiger partial charge on any atom is 0.231 e. The number of anilines is 1. The first-order chi connectivity index (χ1) is 10.8. The number of para-hydroxylation sites is 2. The molecule has 1 N–H and O–H groups in total. The van der Waals surface area contributed by atoms with Crippen LogP contribution in [0, 0.1) is 16.2 Å². The summed E-state index contributed by atoms with van der Waals surface area (Å²) in [6.45, 7) is 8.61. The fourth-order valence-electron chi connectivity index (χ4n) is 4.45. The Morgan fingerprint density at radius 3 is 2.48 bits per heavy atom. The van der Waals surface area contributed by atoms with Crippen LogP contribution in [-0.2, 0) is 9.59 Å². The van der Waals surface area contributed by atoms with Crippen LogP contribution >= 0.6 is 0 Å². The van der Waals surface area contributed by atoms with Crippen molar-refractivity contribution in [2.45, 2.75) is 47.0 Å². The number of fused-ring (bicyclic) bond motifs is 2. The minimum Gasteiger partial charge on any atom is -0.492 e. The van der Waals surface area contributed by atoms with Gasteiger partial charge in [-0.05, 0) is 37.3 Å². The molecule has 0 aromatic heterocycles. The van der Waals surface area contributed by atoms with E-state index in [1.807, 2.05) is 38.1 Å². The molecule has 0 heterocycles. The van der Waals surface area contributed by atoms with Crippen molar-refractivity contribution in [2.24, 2.45) is 16.2 Å². The normalized spacial score (nSPS) is 31.2. The van der Waals surface area contributed by atoms with Crippen molar-refractivity contribution in [3.8, 4) is 5.75 Å². The lowest BCUT2D eigenvalue weighted by Crippen LogP contribution is -2.43. The van der Waals surface area contributed by atoms with Gasteiger partial charge in [-0.15, -0.1) is 0 Å². The summed E-state index contributed by atoms with van der Waals surface area (Å²) in [4.78, 5) is 25.6. The van der Waals surface area contributed by atoms with E-state index in [1.165, 1.54) is 0 Å². The highest BCUT2D eigenvalue weighted by molar-refractivity contribution is 6.05. The second-order valence-corrected chi connectivity index (χ2v) is 7.52. The molecule has 4 nitrogen and oxygen atoms in total.